The van der Waals surface area contributed by atoms with Gasteiger partial charge in [-0.05, 0) is 30.9 Å². The molecule has 18 heavy (non-hydrogen) atoms. The van der Waals surface area contributed by atoms with Crippen molar-refractivity contribution in [1.29, 1.82) is 0 Å². The second kappa shape index (κ2) is 5.73. The van der Waals surface area contributed by atoms with Crippen LogP contribution in [-0.4, -0.2) is 26.7 Å². The van der Waals surface area contributed by atoms with Crippen LogP contribution in [0.15, 0.2) is 30.3 Å². The highest BCUT2D eigenvalue weighted by Crippen LogP contribution is 2.11. The first kappa shape index (κ1) is 12.7. The van der Waals surface area contributed by atoms with Crippen LogP contribution in [0.3, 0.4) is 0 Å². The summed E-state index contributed by atoms with van der Waals surface area (Å²) in [5.41, 5.74) is 1.12. The maximum atomic E-state index is 12.2. The Bertz CT molecular complexity index is 524. The van der Waals surface area contributed by atoms with Gasteiger partial charge in [0.1, 0.15) is 5.82 Å². The molecule has 0 aliphatic heterocycles. The van der Waals surface area contributed by atoms with Gasteiger partial charge in [-0.3, -0.25) is 4.79 Å². The average Bonchev–Trinajstić information content (AvgIpc) is 2.83. The lowest BCUT2D eigenvalue weighted by atomic mass is 10.2. The lowest BCUT2D eigenvalue weighted by Gasteiger charge is -2.19. The third-order valence-electron chi connectivity index (χ3n) is 2.60. The van der Waals surface area contributed by atoms with E-state index >= 15 is 0 Å². The van der Waals surface area contributed by atoms with E-state index in [-0.39, 0.29) is 5.91 Å². The molecule has 1 aromatic heterocycles. The Morgan fingerprint density at radius 1 is 1.33 bits per heavy atom. The van der Waals surface area contributed by atoms with Crippen molar-refractivity contribution in [2.24, 2.45) is 0 Å². The molecule has 1 heterocycles. The largest absolute Gasteiger partial charge is 0.332 e. The van der Waals surface area contributed by atoms with Gasteiger partial charge in [0.15, 0.2) is 0 Å². The van der Waals surface area contributed by atoms with E-state index < -0.39 is 0 Å². The zero-order valence-corrected chi connectivity index (χ0v) is 11.3. The summed E-state index contributed by atoms with van der Waals surface area (Å²) in [6, 6.07) is 9.95. The first-order valence-corrected chi connectivity index (χ1v) is 6.61. The molecule has 1 amide bonds. The number of aromatic nitrogens is 2. The number of carbonyl (C=O) groups is 1. The molecule has 0 spiro atoms. The molecule has 0 fully saturated rings. The number of carbonyl (C=O) groups excluding carboxylic acids is 1. The van der Waals surface area contributed by atoms with Crippen LogP contribution < -0.4 is 0 Å². The zero-order chi connectivity index (χ0) is 13.0. The lowest BCUT2D eigenvalue weighted by molar-refractivity contribution is 0.0752. The van der Waals surface area contributed by atoms with Crippen LogP contribution in [0.5, 0.6) is 0 Å². The summed E-state index contributed by atoms with van der Waals surface area (Å²) in [5.74, 6) is 0.603. The number of benzene rings is 1. The standard InChI is InChI=1S/C13H15N3OS/c1-3-16(9-11-7-5-4-6-8-11)13(17)12-14-10(2)15-18-12/h4-8H,3,9H2,1-2H3. The van der Waals surface area contributed by atoms with E-state index in [9.17, 15) is 4.79 Å². The van der Waals surface area contributed by atoms with Crippen LogP contribution in [0.4, 0.5) is 0 Å². The highest BCUT2D eigenvalue weighted by molar-refractivity contribution is 7.07. The van der Waals surface area contributed by atoms with Crippen LogP contribution in [0.25, 0.3) is 0 Å². The van der Waals surface area contributed by atoms with Crippen molar-refractivity contribution in [3.8, 4) is 0 Å². The monoisotopic (exact) mass is 261 g/mol. The Balaban J connectivity index is 2.12. The molecular weight excluding hydrogens is 246 g/mol. The fourth-order valence-corrected chi connectivity index (χ4v) is 2.29. The number of rotatable bonds is 4. The van der Waals surface area contributed by atoms with Crippen molar-refractivity contribution in [2.75, 3.05) is 6.54 Å². The summed E-state index contributed by atoms with van der Waals surface area (Å²) in [4.78, 5) is 18.1. The van der Waals surface area contributed by atoms with Gasteiger partial charge in [0.25, 0.3) is 5.91 Å². The number of hydrogen-bond acceptors (Lipinski definition) is 4. The van der Waals surface area contributed by atoms with Crippen LogP contribution in [0.1, 0.15) is 28.1 Å². The molecule has 5 heteroatoms. The van der Waals surface area contributed by atoms with Crippen LogP contribution >= 0.6 is 11.5 Å². The van der Waals surface area contributed by atoms with Gasteiger partial charge in [-0.15, -0.1) is 0 Å². The molecule has 0 atom stereocenters. The molecular formula is C13H15N3OS. The maximum Gasteiger partial charge on any atom is 0.284 e. The third-order valence-corrected chi connectivity index (χ3v) is 3.39. The third kappa shape index (κ3) is 2.92. The Labute approximate surface area is 110 Å². The Morgan fingerprint density at radius 2 is 2.06 bits per heavy atom. The molecule has 0 aliphatic carbocycles. The van der Waals surface area contributed by atoms with Crippen molar-refractivity contribution >= 4 is 17.4 Å². The molecule has 0 unspecified atom stereocenters. The molecule has 2 rings (SSSR count). The molecule has 0 aliphatic rings. The molecule has 4 nitrogen and oxygen atoms in total. The molecule has 0 saturated carbocycles. The number of amides is 1. The normalized spacial score (nSPS) is 10.3. The van der Waals surface area contributed by atoms with E-state index in [1.165, 1.54) is 0 Å². The van der Waals surface area contributed by atoms with E-state index in [0.717, 1.165) is 17.1 Å². The summed E-state index contributed by atoms with van der Waals surface area (Å²) >= 11 is 1.16. The molecule has 2 aromatic rings. The second-order valence-corrected chi connectivity index (χ2v) is 4.70. The minimum absolute atomic E-state index is 0.0491. The van der Waals surface area contributed by atoms with Crippen LogP contribution in [0, 0.1) is 6.92 Å². The van der Waals surface area contributed by atoms with Gasteiger partial charge in [-0.2, -0.15) is 4.37 Å². The van der Waals surface area contributed by atoms with E-state index in [1.807, 2.05) is 37.3 Å². The number of hydrogen-bond donors (Lipinski definition) is 0. The summed E-state index contributed by atoms with van der Waals surface area (Å²) in [5, 5.41) is 0.463. The lowest BCUT2D eigenvalue weighted by Crippen LogP contribution is -2.30. The summed E-state index contributed by atoms with van der Waals surface area (Å²) < 4.78 is 4.04. The minimum atomic E-state index is -0.0491. The number of aryl methyl sites for hydroxylation is 1. The van der Waals surface area contributed by atoms with Gasteiger partial charge >= 0.3 is 0 Å². The van der Waals surface area contributed by atoms with Gasteiger partial charge in [0.05, 0.1) is 0 Å². The van der Waals surface area contributed by atoms with Gasteiger partial charge in [-0.25, -0.2) is 4.98 Å². The zero-order valence-electron chi connectivity index (χ0n) is 10.5. The fraction of sp³-hybridized carbons (Fsp3) is 0.308. The molecule has 0 radical (unpaired) electrons. The van der Waals surface area contributed by atoms with Gasteiger partial charge in [-0.1, -0.05) is 30.3 Å². The highest BCUT2D eigenvalue weighted by Gasteiger charge is 2.18. The Hall–Kier alpha value is -1.75. The molecule has 0 bridgehead atoms. The van der Waals surface area contributed by atoms with E-state index in [4.69, 9.17) is 0 Å². The molecule has 0 N–H and O–H groups in total. The summed E-state index contributed by atoms with van der Waals surface area (Å²) in [7, 11) is 0. The van der Waals surface area contributed by atoms with E-state index in [0.29, 0.717) is 23.9 Å². The molecule has 94 valence electrons. The second-order valence-electron chi connectivity index (χ2n) is 3.95. The highest BCUT2D eigenvalue weighted by atomic mass is 32.1. The van der Waals surface area contributed by atoms with Crippen molar-refractivity contribution < 1.29 is 4.79 Å². The Kier molecular flexibility index (Phi) is 4.04. The van der Waals surface area contributed by atoms with Crippen molar-refractivity contribution in [2.45, 2.75) is 20.4 Å². The molecule has 1 aromatic carbocycles. The smallest absolute Gasteiger partial charge is 0.284 e. The SMILES string of the molecule is CCN(Cc1ccccc1)C(=O)c1nc(C)ns1. The maximum absolute atomic E-state index is 12.2. The first-order chi connectivity index (χ1) is 8.70. The Morgan fingerprint density at radius 3 is 2.61 bits per heavy atom. The first-order valence-electron chi connectivity index (χ1n) is 5.84. The van der Waals surface area contributed by atoms with Crippen LogP contribution in [0.2, 0.25) is 0 Å². The quantitative estimate of drug-likeness (QED) is 0.849. The van der Waals surface area contributed by atoms with E-state index in [1.54, 1.807) is 11.8 Å². The van der Waals surface area contributed by atoms with Crippen molar-refractivity contribution in [3.05, 3.63) is 46.7 Å². The summed E-state index contributed by atoms with van der Waals surface area (Å²) in [6.45, 7) is 5.02. The van der Waals surface area contributed by atoms with Crippen LogP contribution in [-0.2, 0) is 6.54 Å². The minimum Gasteiger partial charge on any atom is -0.332 e. The van der Waals surface area contributed by atoms with Crippen molar-refractivity contribution in [3.63, 3.8) is 0 Å². The number of nitrogens with zero attached hydrogens (tertiary/aromatic N) is 3. The topological polar surface area (TPSA) is 46.1 Å². The summed E-state index contributed by atoms with van der Waals surface area (Å²) in [6.07, 6.45) is 0. The van der Waals surface area contributed by atoms with Gasteiger partial charge in [0, 0.05) is 13.1 Å². The van der Waals surface area contributed by atoms with Gasteiger partial charge < -0.3 is 4.90 Å². The van der Waals surface area contributed by atoms with Gasteiger partial charge in [0.2, 0.25) is 5.01 Å². The van der Waals surface area contributed by atoms with E-state index in [2.05, 4.69) is 9.36 Å². The predicted molar refractivity (Wildman–Crippen MR) is 71.5 cm³/mol. The average molecular weight is 261 g/mol. The fourth-order valence-electron chi connectivity index (χ4n) is 1.65. The predicted octanol–water partition coefficient (Wildman–Crippen LogP) is 2.51. The molecule has 0 saturated heterocycles. The van der Waals surface area contributed by atoms with Crippen molar-refractivity contribution in [1.82, 2.24) is 14.3 Å².